The molecule has 0 bridgehead atoms. The van der Waals surface area contributed by atoms with Crippen LogP contribution in [0.15, 0.2) is 6.20 Å². The molecule has 0 fully saturated rings. The van der Waals surface area contributed by atoms with Gasteiger partial charge in [-0.1, -0.05) is 0 Å². The summed E-state index contributed by atoms with van der Waals surface area (Å²) in [5, 5.41) is 0. The number of carbonyl (C=O) groups is 1. The number of anilines is 1. The van der Waals surface area contributed by atoms with Crippen LogP contribution in [0, 0.1) is 0 Å². The molecule has 0 unspecified atom stereocenters. The number of halogens is 2. The Balaban J connectivity index is 3.09. The van der Waals surface area contributed by atoms with Crippen molar-refractivity contribution in [3.05, 3.63) is 17.5 Å². The molecular formula is C10H13F2N3O2. The molecule has 0 aliphatic rings. The second-order valence-electron chi connectivity index (χ2n) is 4.33. The van der Waals surface area contributed by atoms with Crippen molar-refractivity contribution in [3.63, 3.8) is 0 Å². The lowest BCUT2D eigenvalue weighted by Crippen LogP contribution is -2.25. The Morgan fingerprint density at radius 2 is 2.06 bits per heavy atom. The highest BCUT2D eigenvalue weighted by Gasteiger charge is 2.25. The second kappa shape index (κ2) is 4.60. The molecule has 0 aliphatic carbocycles. The maximum atomic E-state index is 12.6. The minimum atomic E-state index is -2.91. The van der Waals surface area contributed by atoms with E-state index in [4.69, 9.17) is 10.5 Å². The van der Waals surface area contributed by atoms with Crippen LogP contribution in [-0.4, -0.2) is 21.5 Å². The van der Waals surface area contributed by atoms with Crippen molar-refractivity contribution in [2.45, 2.75) is 32.8 Å². The van der Waals surface area contributed by atoms with Gasteiger partial charge >= 0.3 is 5.97 Å². The summed E-state index contributed by atoms with van der Waals surface area (Å²) in [5.74, 6) is -1.21. The Bertz CT molecular complexity index is 430. The molecule has 0 aliphatic heterocycles. The number of rotatable bonds is 2. The molecule has 5 nitrogen and oxygen atoms in total. The fourth-order valence-corrected chi connectivity index (χ4v) is 1.07. The molecule has 0 atom stereocenters. The monoisotopic (exact) mass is 245 g/mol. The van der Waals surface area contributed by atoms with Gasteiger partial charge in [0.15, 0.2) is 0 Å². The van der Waals surface area contributed by atoms with Crippen LogP contribution in [0.1, 0.15) is 43.2 Å². The smallest absolute Gasteiger partial charge is 0.342 e. The number of hydrogen-bond acceptors (Lipinski definition) is 5. The van der Waals surface area contributed by atoms with Crippen molar-refractivity contribution in [1.29, 1.82) is 0 Å². The number of alkyl halides is 2. The van der Waals surface area contributed by atoms with Crippen LogP contribution in [0.2, 0.25) is 0 Å². The number of carbonyl (C=O) groups excluding carboxylic acids is 1. The van der Waals surface area contributed by atoms with Gasteiger partial charge in [0.25, 0.3) is 6.43 Å². The van der Waals surface area contributed by atoms with Crippen molar-refractivity contribution >= 4 is 11.9 Å². The van der Waals surface area contributed by atoms with Gasteiger partial charge in [-0.3, -0.25) is 0 Å². The van der Waals surface area contributed by atoms with E-state index in [0.717, 1.165) is 6.20 Å². The molecule has 0 amide bonds. The van der Waals surface area contributed by atoms with Crippen LogP contribution in [0.3, 0.4) is 0 Å². The third-order valence-corrected chi connectivity index (χ3v) is 1.66. The highest BCUT2D eigenvalue weighted by atomic mass is 19.3. The molecule has 1 aromatic heterocycles. The molecule has 7 heteroatoms. The van der Waals surface area contributed by atoms with Gasteiger partial charge in [-0.2, -0.15) is 0 Å². The van der Waals surface area contributed by atoms with E-state index in [1.165, 1.54) is 0 Å². The van der Waals surface area contributed by atoms with Crippen LogP contribution in [-0.2, 0) is 4.74 Å². The molecule has 0 spiro atoms. The normalized spacial score (nSPS) is 11.6. The topological polar surface area (TPSA) is 78.1 Å². The maximum Gasteiger partial charge on any atom is 0.342 e. The molecule has 1 aromatic rings. The number of nitrogens with two attached hydrogens (primary N) is 1. The number of aromatic nitrogens is 2. The summed E-state index contributed by atoms with van der Waals surface area (Å²) in [6.07, 6.45) is -1.97. The first-order chi connectivity index (χ1) is 7.70. The SMILES string of the molecule is CC(C)(C)OC(=O)c1cnc(N)nc1C(F)F. The molecule has 94 valence electrons. The Kier molecular flexibility index (Phi) is 3.59. The zero-order valence-electron chi connectivity index (χ0n) is 9.70. The molecule has 0 radical (unpaired) electrons. The van der Waals surface area contributed by atoms with Crippen LogP contribution in [0.5, 0.6) is 0 Å². The fourth-order valence-electron chi connectivity index (χ4n) is 1.07. The minimum Gasteiger partial charge on any atom is -0.456 e. The van der Waals surface area contributed by atoms with Crippen LogP contribution < -0.4 is 5.73 Å². The summed E-state index contributed by atoms with van der Waals surface area (Å²) in [6.45, 7) is 4.89. The van der Waals surface area contributed by atoms with Gasteiger partial charge in [0.2, 0.25) is 5.95 Å². The predicted molar refractivity (Wildman–Crippen MR) is 56.6 cm³/mol. The van der Waals surface area contributed by atoms with Gasteiger partial charge in [0.1, 0.15) is 16.9 Å². The van der Waals surface area contributed by atoms with E-state index in [-0.39, 0.29) is 11.5 Å². The average molecular weight is 245 g/mol. The third-order valence-electron chi connectivity index (χ3n) is 1.66. The molecule has 0 saturated heterocycles. The van der Waals surface area contributed by atoms with E-state index >= 15 is 0 Å². The van der Waals surface area contributed by atoms with Gasteiger partial charge < -0.3 is 10.5 Å². The molecular weight excluding hydrogens is 232 g/mol. The van der Waals surface area contributed by atoms with Crippen molar-refractivity contribution in [2.75, 3.05) is 5.73 Å². The van der Waals surface area contributed by atoms with Gasteiger partial charge in [0.05, 0.1) is 0 Å². The number of nitrogen functional groups attached to an aromatic ring is 1. The van der Waals surface area contributed by atoms with E-state index in [0.29, 0.717) is 0 Å². The Labute approximate surface area is 97.0 Å². The first-order valence-electron chi connectivity index (χ1n) is 4.84. The van der Waals surface area contributed by atoms with E-state index in [2.05, 4.69) is 9.97 Å². The first kappa shape index (κ1) is 13.3. The predicted octanol–water partition coefficient (Wildman–Crippen LogP) is 1.95. The maximum absolute atomic E-state index is 12.6. The third kappa shape index (κ3) is 3.61. The Morgan fingerprint density at radius 1 is 1.47 bits per heavy atom. The number of nitrogens with zero attached hydrogens (tertiary/aromatic N) is 2. The van der Waals surface area contributed by atoms with Crippen molar-refractivity contribution in [1.82, 2.24) is 9.97 Å². The first-order valence-corrected chi connectivity index (χ1v) is 4.84. The van der Waals surface area contributed by atoms with Gasteiger partial charge in [0, 0.05) is 6.20 Å². The summed E-state index contributed by atoms with van der Waals surface area (Å²) >= 11 is 0. The summed E-state index contributed by atoms with van der Waals surface area (Å²) in [6, 6.07) is 0. The summed E-state index contributed by atoms with van der Waals surface area (Å²) in [7, 11) is 0. The molecule has 1 rings (SSSR count). The number of hydrogen-bond donors (Lipinski definition) is 1. The zero-order chi connectivity index (χ0) is 13.2. The quantitative estimate of drug-likeness (QED) is 0.806. The largest absolute Gasteiger partial charge is 0.456 e. The summed E-state index contributed by atoms with van der Waals surface area (Å²) < 4.78 is 30.3. The molecule has 0 aromatic carbocycles. The standard InChI is InChI=1S/C10H13F2N3O2/c1-10(2,3)17-8(16)5-4-14-9(13)15-6(5)7(11)12/h4,7H,1-3H3,(H2,13,14,15). The van der Waals surface area contributed by atoms with E-state index < -0.39 is 23.7 Å². The zero-order valence-corrected chi connectivity index (χ0v) is 9.70. The summed E-state index contributed by atoms with van der Waals surface area (Å²) in [4.78, 5) is 18.5. The van der Waals surface area contributed by atoms with Crippen LogP contribution >= 0.6 is 0 Å². The Morgan fingerprint density at radius 3 is 2.53 bits per heavy atom. The van der Waals surface area contributed by atoms with Crippen molar-refractivity contribution in [2.24, 2.45) is 0 Å². The lowest BCUT2D eigenvalue weighted by molar-refractivity contribution is 0.00603. The highest BCUT2D eigenvalue weighted by molar-refractivity contribution is 5.90. The Hall–Kier alpha value is -1.79. The average Bonchev–Trinajstić information content (AvgIpc) is 2.14. The van der Waals surface area contributed by atoms with Crippen LogP contribution in [0.4, 0.5) is 14.7 Å². The number of ether oxygens (including phenoxy) is 1. The van der Waals surface area contributed by atoms with Crippen LogP contribution in [0.25, 0.3) is 0 Å². The minimum absolute atomic E-state index is 0.312. The van der Waals surface area contributed by atoms with Gasteiger partial charge in [-0.05, 0) is 20.8 Å². The highest BCUT2D eigenvalue weighted by Crippen LogP contribution is 2.23. The molecule has 17 heavy (non-hydrogen) atoms. The summed E-state index contributed by atoms with van der Waals surface area (Å²) in [5.41, 5.74) is 3.32. The van der Waals surface area contributed by atoms with Crippen molar-refractivity contribution < 1.29 is 18.3 Å². The number of esters is 1. The molecule has 2 N–H and O–H groups in total. The van der Waals surface area contributed by atoms with E-state index in [1.54, 1.807) is 20.8 Å². The molecule has 0 saturated carbocycles. The fraction of sp³-hybridized carbons (Fsp3) is 0.500. The lowest BCUT2D eigenvalue weighted by Gasteiger charge is -2.20. The lowest BCUT2D eigenvalue weighted by atomic mass is 10.2. The van der Waals surface area contributed by atoms with E-state index in [1.807, 2.05) is 0 Å². The second-order valence-corrected chi connectivity index (χ2v) is 4.33. The molecule has 1 heterocycles. The van der Waals surface area contributed by atoms with Crippen molar-refractivity contribution in [3.8, 4) is 0 Å². The van der Waals surface area contributed by atoms with E-state index in [9.17, 15) is 13.6 Å². The van der Waals surface area contributed by atoms with Gasteiger partial charge in [-0.25, -0.2) is 23.5 Å². The van der Waals surface area contributed by atoms with Gasteiger partial charge in [-0.15, -0.1) is 0 Å².